The second kappa shape index (κ2) is 7.91. The van der Waals surface area contributed by atoms with E-state index in [1.54, 1.807) is 11.1 Å². The third-order valence-corrected chi connectivity index (χ3v) is 4.81. The number of carbonyl (C=O) groups excluding carboxylic acids is 1. The minimum Gasteiger partial charge on any atom is -0.489 e. The van der Waals surface area contributed by atoms with Gasteiger partial charge in [0.05, 0.1) is 24.2 Å². The average Bonchev–Trinajstić information content (AvgIpc) is 3.05. The first-order valence-corrected chi connectivity index (χ1v) is 9.79. The predicted octanol–water partition coefficient (Wildman–Crippen LogP) is 4.60. The molecule has 0 saturated carbocycles. The van der Waals surface area contributed by atoms with E-state index in [0.29, 0.717) is 11.5 Å². The van der Waals surface area contributed by atoms with E-state index in [0.717, 1.165) is 23.5 Å². The molecule has 1 aliphatic rings. The summed E-state index contributed by atoms with van der Waals surface area (Å²) in [5.41, 5.74) is 3.26. The number of nitrogens with zero attached hydrogens (tertiary/aromatic N) is 3. The van der Waals surface area contributed by atoms with Crippen LogP contribution in [-0.4, -0.2) is 28.0 Å². The van der Waals surface area contributed by atoms with Crippen LogP contribution in [0.3, 0.4) is 0 Å². The molecule has 0 spiro atoms. The van der Waals surface area contributed by atoms with Crippen LogP contribution < -0.4 is 15.0 Å². The molecule has 29 heavy (non-hydrogen) atoms. The number of ether oxygens (including phenoxy) is 1. The lowest BCUT2D eigenvalue weighted by Gasteiger charge is -2.22. The highest BCUT2D eigenvalue weighted by Crippen LogP contribution is 2.33. The number of hydrogen-bond donors (Lipinski definition) is 1. The van der Waals surface area contributed by atoms with E-state index < -0.39 is 0 Å². The van der Waals surface area contributed by atoms with Crippen LogP contribution in [0.25, 0.3) is 0 Å². The van der Waals surface area contributed by atoms with E-state index in [2.05, 4.69) is 21.4 Å². The van der Waals surface area contributed by atoms with Crippen molar-refractivity contribution in [3.8, 4) is 5.75 Å². The number of nitrogens with one attached hydrogen (secondary N) is 1. The Balaban J connectivity index is 1.53. The highest BCUT2D eigenvalue weighted by atomic mass is 16.5. The molecule has 148 valence electrons. The second-order valence-electron chi connectivity index (χ2n) is 7.43. The van der Waals surface area contributed by atoms with Gasteiger partial charge in [-0.3, -0.25) is 4.79 Å². The topological polar surface area (TPSA) is 67.3 Å². The van der Waals surface area contributed by atoms with Gasteiger partial charge in [-0.15, -0.1) is 0 Å². The third-order valence-electron chi connectivity index (χ3n) is 4.81. The summed E-state index contributed by atoms with van der Waals surface area (Å²) in [7, 11) is 0. The molecule has 2 aromatic carbocycles. The molecule has 0 fully saturated rings. The Bertz CT molecular complexity index is 1020. The standard InChI is InChI=1S/C23H24N4O2/c1-15(2)29-21-11-7-5-9-18(21)26-22-14-24-19(13-25-22)23(28)27-16(3)12-17-8-4-6-10-20(17)27/h4-11,13-16H,12H2,1-3H3,(H,25,26). The Labute approximate surface area is 170 Å². The van der Waals surface area contributed by atoms with Crippen molar-refractivity contribution in [1.82, 2.24) is 9.97 Å². The molecule has 1 atom stereocenters. The highest BCUT2D eigenvalue weighted by Gasteiger charge is 2.31. The highest BCUT2D eigenvalue weighted by molar-refractivity contribution is 6.06. The van der Waals surface area contributed by atoms with Gasteiger partial charge >= 0.3 is 0 Å². The number of hydrogen-bond acceptors (Lipinski definition) is 5. The van der Waals surface area contributed by atoms with Gasteiger partial charge in [-0.25, -0.2) is 9.97 Å². The largest absolute Gasteiger partial charge is 0.489 e. The van der Waals surface area contributed by atoms with E-state index in [9.17, 15) is 4.79 Å². The van der Waals surface area contributed by atoms with E-state index in [1.165, 1.54) is 11.8 Å². The van der Waals surface area contributed by atoms with Gasteiger partial charge in [0, 0.05) is 11.7 Å². The molecule has 4 rings (SSSR count). The summed E-state index contributed by atoms with van der Waals surface area (Å²) >= 11 is 0. The number of amides is 1. The number of anilines is 3. The summed E-state index contributed by atoms with van der Waals surface area (Å²) in [5, 5.41) is 3.21. The lowest BCUT2D eigenvalue weighted by atomic mass is 10.1. The summed E-state index contributed by atoms with van der Waals surface area (Å²) in [6, 6.07) is 15.8. The third kappa shape index (κ3) is 3.92. The minimum absolute atomic E-state index is 0.0642. The van der Waals surface area contributed by atoms with Gasteiger partial charge in [0.1, 0.15) is 17.3 Å². The van der Waals surface area contributed by atoms with Gasteiger partial charge in [-0.2, -0.15) is 0 Å². The second-order valence-corrected chi connectivity index (χ2v) is 7.43. The first-order valence-electron chi connectivity index (χ1n) is 9.79. The Kier molecular flexibility index (Phi) is 5.16. The van der Waals surface area contributed by atoms with Crippen LogP contribution in [0.4, 0.5) is 17.2 Å². The fraction of sp³-hybridized carbons (Fsp3) is 0.261. The van der Waals surface area contributed by atoms with Crippen molar-refractivity contribution < 1.29 is 9.53 Å². The fourth-order valence-corrected chi connectivity index (χ4v) is 3.57. The van der Waals surface area contributed by atoms with E-state index in [-0.39, 0.29) is 18.1 Å². The first kappa shape index (κ1) is 18.9. The van der Waals surface area contributed by atoms with E-state index in [1.807, 2.05) is 63.2 Å². The molecule has 1 N–H and O–H groups in total. The molecule has 3 aromatic rings. The molecule has 1 aromatic heterocycles. The van der Waals surface area contributed by atoms with E-state index in [4.69, 9.17) is 4.74 Å². The van der Waals surface area contributed by atoms with Crippen molar-refractivity contribution in [2.24, 2.45) is 0 Å². The van der Waals surface area contributed by atoms with Gasteiger partial charge in [0.15, 0.2) is 0 Å². The summed E-state index contributed by atoms with van der Waals surface area (Å²) in [6.07, 6.45) is 4.01. The quantitative estimate of drug-likeness (QED) is 0.692. The Morgan fingerprint density at radius 2 is 1.86 bits per heavy atom. The molecule has 0 saturated heterocycles. The molecule has 0 aliphatic carbocycles. The molecule has 6 nitrogen and oxygen atoms in total. The van der Waals surface area contributed by atoms with Gasteiger partial charge < -0.3 is 15.0 Å². The molecule has 2 heterocycles. The summed E-state index contributed by atoms with van der Waals surface area (Å²) in [5.74, 6) is 1.16. The summed E-state index contributed by atoms with van der Waals surface area (Å²) in [6.45, 7) is 6.01. The molecule has 1 amide bonds. The van der Waals surface area contributed by atoms with Gasteiger partial charge in [-0.05, 0) is 51.0 Å². The minimum atomic E-state index is -0.134. The predicted molar refractivity (Wildman–Crippen MR) is 114 cm³/mol. The maximum absolute atomic E-state index is 13.0. The van der Waals surface area contributed by atoms with Crippen LogP contribution in [0.5, 0.6) is 5.75 Å². The Morgan fingerprint density at radius 1 is 1.10 bits per heavy atom. The van der Waals surface area contributed by atoms with Crippen molar-refractivity contribution >= 4 is 23.1 Å². The number of para-hydroxylation sites is 3. The Morgan fingerprint density at radius 3 is 2.62 bits per heavy atom. The lowest BCUT2D eigenvalue weighted by molar-refractivity contribution is 0.0976. The van der Waals surface area contributed by atoms with Crippen molar-refractivity contribution in [2.75, 3.05) is 10.2 Å². The Hall–Kier alpha value is -3.41. The number of fused-ring (bicyclic) bond motifs is 1. The molecular formula is C23H24N4O2. The molecule has 0 radical (unpaired) electrons. The molecular weight excluding hydrogens is 364 g/mol. The molecule has 0 bridgehead atoms. The first-order chi connectivity index (χ1) is 14.0. The van der Waals surface area contributed by atoms with Gasteiger partial charge in [0.25, 0.3) is 5.91 Å². The zero-order valence-corrected chi connectivity index (χ0v) is 16.8. The van der Waals surface area contributed by atoms with Crippen LogP contribution in [0.2, 0.25) is 0 Å². The zero-order chi connectivity index (χ0) is 20.4. The summed E-state index contributed by atoms with van der Waals surface area (Å²) in [4.78, 5) is 23.6. The zero-order valence-electron chi connectivity index (χ0n) is 16.8. The number of benzene rings is 2. The lowest BCUT2D eigenvalue weighted by Crippen LogP contribution is -2.36. The fourth-order valence-electron chi connectivity index (χ4n) is 3.57. The van der Waals surface area contributed by atoms with Crippen LogP contribution >= 0.6 is 0 Å². The van der Waals surface area contributed by atoms with Crippen molar-refractivity contribution in [3.63, 3.8) is 0 Å². The maximum atomic E-state index is 13.0. The average molecular weight is 388 g/mol. The number of rotatable bonds is 5. The van der Waals surface area contributed by atoms with Crippen LogP contribution in [0, 0.1) is 0 Å². The molecule has 1 unspecified atom stereocenters. The monoisotopic (exact) mass is 388 g/mol. The van der Waals surface area contributed by atoms with Crippen LogP contribution in [-0.2, 0) is 6.42 Å². The van der Waals surface area contributed by atoms with Crippen molar-refractivity contribution in [3.05, 3.63) is 72.2 Å². The van der Waals surface area contributed by atoms with Gasteiger partial charge in [-0.1, -0.05) is 30.3 Å². The van der Waals surface area contributed by atoms with Gasteiger partial charge in [0.2, 0.25) is 0 Å². The number of aromatic nitrogens is 2. The van der Waals surface area contributed by atoms with Crippen LogP contribution in [0.1, 0.15) is 36.8 Å². The van der Waals surface area contributed by atoms with Crippen molar-refractivity contribution in [2.45, 2.75) is 39.3 Å². The number of carbonyl (C=O) groups is 1. The molecule has 6 heteroatoms. The SMILES string of the molecule is CC(C)Oc1ccccc1Nc1cnc(C(=O)N2c3ccccc3CC2C)cn1. The van der Waals surface area contributed by atoms with Crippen LogP contribution in [0.15, 0.2) is 60.9 Å². The summed E-state index contributed by atoms with van der Waals surface area (Å²) < 4.78 is 5.82. The normalized spacial score (nSPS) is 15.3. The molecule has 1 aliphatic heterocycles. The smallest absolute Gasteiger partial charge is 0.278 e. The maximum Gasteiger partial charge on any atom is 0.278 e. The van der Waals surface area contributed by atoms with E-state index >= 15 is 0 Å². The van der Waals surface area contributed by atoms with Crippen molar-refractivity contribution in [1.29, 1.82) is 0 Å².